The van der Waals surface area contributed by atoms with Crippen molar-refractivity contribution in [2.45, 2.75) is 19.1 Å². The highest BCUT2D eigenvalue weighted by molar-refractivity contribution is 7.98. The number of hydrogen-bond acceptors (Lipinski definition) is 6. The zero-order valence-electron chi connectivity index (χ0n) is 15.6. The number of ether oxygens (including phenoxy) is 1. The lowest BCUT2D eigenvalue weighted by Crippen LogP contribution is -2.14. The van der Waals surface area contributed by atoms with Gasteiger partial charge in [-0.05, 0) is 48.3 Å². The maximum absolute atomic E-state index is 12.3. The van der Waals surface area contributed by atoms with Crippen LogP contribution in [0.1, 0.15) is 34.4 Å². The summed E-state index contributed by atoms with van der Waals surface area (Å²) in [5.41, 5.74) is 7.97. The van der Waals surface area contributed by atoms with Gasteiger partial charge in [0.15, 0.2) is 5.69 Å². The van der Waals surface area contributed by atoms with E-state index in [0.29, 0.717) is 18.2 Å². The second-order valence-corrected chi connectivity index (χ2v) is 7.20. The fourth-order valence-electron chi connectivity index (χ4n) is 2.50. The topological polar surface area (TPSA) is 90.4 Å². The van der Waals surface area contributed by atoms with Gasteiger partial charge in [-0.2, -0.15) is 11.8 Å². The van der Waals surface area contributed by atoms with Crippen LogP contribution in [0.4, 0.5) is 5.69 Å². The summed E-state index contributed by atoms with van der Waals surface area (Å²) in [7, 11) is 0. The second kappa shape index (κ2) is 9.96. The van der Waals surface area contributed by atoms with Crippen LogP contribution in [0, 0.1) is 0 Å². The average molecular weight is 398 g/mol. The van der Waals surface area contributed by atoms with E-state index in [0.717, 1.165) is 23.5 Å². The number of nitrogens with zero attached hydrogens (tertiary/aromatic N) is 1. The van der Waals surface area contributed by atoms with E-state index < -0.39 is 0 Å². The summed E-state index contributed by atoms with van der Waals surface area (Å²) >= 11 is 1.70. The van der Waals surface area contributed by atoms with E-state index in [4.69, 9.17) is 14.9 Å². The zero-order valence-corrected chi connectivity index (χ0v) is 16.4. The van der Waals surface area contributed by atoms with Gasteiger partial charge in [0.1, 0.15) is 18.6 Å². The first-order valence-electron chi connectivity index (χ1n) is 8.94. The molecule has 0 saturated carbocycles. The molecule has 6 nitrogen and oxygen atoms in total. The fourth-order valence-corrected chi connectivity index (χ4v) is 2.99. The van der Waals surface area contributed by atoms with Crippen LogP contribution < -0.4 is 15.8 Å². The molecule has 28 heavy (non-hydrogen) atoms. The number of aromatic nitrogens is 1. The van der Waals surface area contributed by atoms with Crippen LogP contribution in [-0.2, 0) is 6.61 Å². The predicted molar refractivity (Wildman–Crippen MR) is 112 cm³/mol. The maximum atomic E-state index is 12.3. The summed E-state index contributed by atoms with van der Waals surface area (Å²) in [5.74, 6) is 1.67. The summed E-state index contributed by atoms with van der Waals surface area (Å²) in [4.78, 5) is 16.6. The van der Waals surface area contributed by atoms with E-state index in [1.54, 1.807) is 23.9 Å². The summed E-state index contributed by atoms with van der Waals surface area (Å²) in [6.07, 6.45) is 4.09. The van der Waals surface area contributed by atoms with Crippen molar-refractivity contribution in [3.05, 3.63) is 78.0 Å². The molecular weight excluding hydrogens is 374 g/mol. The van der Waals surface area contributed by atoms with Crippen molar-refractivity contribution in [1.82, 2.24) is 4.98 Å². The van der Waals surface area contributed by atoms with E-state index in [1.807, 2.05) is 48.7 Å². The Morgan fingerprint density at radius 3 is 2.68 bits per heavy atom. The molecule has 0 aliphatic carbocycles. The molecule has 7 heteroatoms. The van der Waals surface area contributed by atoms with Crippen LogP contribution in [0.2, 0.25) is 0 Å². The molecule has 1 aromatic heterocycles. The SMILES string of the molecule is CSCCC(N)c1nc(C(=O)Nc2ccc(OCc3ccccc3)cc2)co1. The van der Waals surface area contributed by atoms with Gasteiger partial charge in [-0.25, -0.2) is 4.98 Å². The number of carbonyl (C=O) groups excluding carboxylic acids is 1. The van der Waals surface area contributed by atoms with E-state index in [1.165, 1.54) is 6.26 Å². The van der Waals surface area contributed by atoms with Crippen molar-refractivity contribution in [1.29, 1.82) is 0 Å². The molecule has 1 unspecified atom stereocenters. The summed E-state index contributed by atoms with van der Waals surface area (Å²) < 4.78 is 11.1. The first kappa shape index (κ1) is 20.0. The van der Waals surface area contributed by atoms with Gasteiger partial charge in [0.25, 0.3) is 5.91 Å². The lowest BCUT2D eigenvalue weighted by Gasteiger charge is -2.08. The Labute approximate surface area is 168 Å². The lowest BCUT2D eigenvalue weighted by atomic mass is 10.2. The van der Waals surface area contributed by atoms with Gasteiger partial charge in [-0.1, -0.05) is 30.3 Å². The average Bonchev–Trinajstić information content (AvgIpc) is 3.23. The molecule has 0 saturated heterocycles. The minimum atomic E-state index is -0.343. The predicted octanol–water partition coefficient (Wildman–Crippen LogP) is 4.26. The fraction of sp³-hybridized carbons (Fsp3) is 0.238. The monoisotopic (exact) mass is 397 g/mol. The van der Waals surface area contributed by atoms with Gasteiger partial charge >= 0.3 is 0 Å². The number of thioether (sulfide) groups is 1. The van der Waals surface area contributed by atoms with Crippen molar-refractivity contribution in [3.8, 4) is 5.75 Å². The van der Waals surface area contributed by atoms with Gasteiger partial charge in [-0.15, -0.1) is 0 Å². The molecule has 3 N–H and O–H groups in total. The van der Waals surface area contributed by atoms with Crippen LogP contribution in [0.25, 0.3) is 0 Å². The van der Waals surface area contributed by atoms with Crippen LogP contribution in [0.3, 0.4) is 0 Å². The quantitative estimate of drug-likeness (QED) is 0.561. The van der Waals surface area contributed by atoms with Gasteiger partial charge in [0.05, 0.1) is 6.04 Å². The van der Waals surface area contributed by atoms with E-state index in [-0.39, 0.29) is 17.6 Å². The molecule has 0 bridgehead atoms. The van der Waals surface area contributed by atoms with Crippen molar-refractivity contribution in [2.24, 2.45) is 5.73 Å². The van der Waals surface area contributed by atoms with Gasteiger partial charge < -0.3 is 20.2 Å². The molecule has 0 aliphatic rings. The third kappa shape index (κ3) is 5.61. The standard InChI is InChI=1S/C21H23N3O3S/c1-28-12-11-18(22)21-24-19(14-27-21)20(25)23-16-7-9-17(10-8-16)26-13-15-5-3-2-4-6-15/h2-10,14,18H,11-13,22H2,1H3,(H,23,25). The number of hydrogen-bond donors (Lipinski definition) is 2. The molecule has 1 atom stereocenters. The summed E-state index contributed by atoms with van der Waals surface area (Å²) in [6, 6.07) is 16.8. The Kier molecular flexibility index (Phi) is 7.11. The Bertz CT molecular complexity index is 881. The molecule has 0 fully saturated rings. The Morgan fingerprint density at radius 2 is 1.96 bits per heavy atom. The van der Waals surface area contributed by atoms with E-state index in [2.05, 4.69) is 10.3 Å². The molecule has 1 heterocycles. The number of amides is 1. The molecule has 146 valence electrons. The van der Waals surface area contributed by atoms with Crippen LogP contribution in [0.15, 0.2) is 65.3 Å². The number of carbonyl (C=O) groups is 1. The van der Waals surface area contributed by atoms with Gasteiger partial charge in [-0.3, -0.25) is 4.79 Å². The minimum Gasteiger partial charge on any atom is -0.489 e. The van der Waals surface area contributed by atoms with E-state index >= 15 is 0 Å². The largest absolute Gasteiger partial charge is 0.489 e. The Morgan fingerprint density at radius 1 is 1.21 bits per heavy atom. The summed E-state index contributed by atoms with van der Waals surface area (Å²) in [6.45, 7) is 0.491. The number of oxazole rings is 1. The highest BCUT2D eigenvalue weighted by Gasteiger charge is 2.17. The maximum Gasteiger partial charge on any atom is 0.277 e. The van der Waals surface area contributed by atoms with E-state index in [9.17, 15) is 4.79 Å². The normalized spacial score (nSPS) is 11.8. The molecular formula is C21H23N3O3S. The van der Waals surface area contributed by atoms with Gasteiger partial charge in [0, 0.05) is 5.69 Å². The molecule has 3 rings (SSSR count). The Hall–Kier alpha value is -2.77. The van der Waals surface area contributed by atoms with Crippen LogP contribution in [0.5, 0.6) is 5.75 Å². The molecule has 0 radical (unpaired) electrons. The van der Waals surface area contributed by atoms with Crippen molar-refractivity contribution >= 4 is 23.4 Å². The molecule has 3 aromatic rings. The van der Waals surface area contributed by atoms with Gasteiger partial charge in [0.2, 0.25) is 5.89 Å². The van der Waals surface area contributed by atoms with Crippen molar-refractivity contribution in [3.63, 3.8) is 0 Å². The highest BCUT2D eigenvalue weighted by Crippen LogP contribution is 2.19. The third-order valence-electron chi connectivity index (χ3n) is 4.07. The number of rotatable bonds is 9. The second-order valence-electron chi connectivity index (χ2n) is 6.21. The number of anilines is 1. The Balaban J connectivity index is 1.53. The number of nitrogens with two attached hydrogens (primary N) is 1. The molecule has 1 amide bonds. The molecule has 2 aromatic carbocycles. The molecule has 0 spiro atoms. The van der Waals surface area contributed by atoms with Crippen LogP contribution >= 0.6 is 11.8 Å². The van der Waals surface area contributed by atoms with Crippen LogP contribution in [-0.4, -0.2) is 22.9 Å². The first-order valence-corrected chi connectivity index (χ1v) is 10.3. The van der Waals surface area contributed by atoms with Crippen molar-refractivity contribution in [2.75, 3.05) is 17.3 Å². The summed E-state index contributed by atoms with van der Waals surface area (Å²) in [5, 5.41) is 2.79. The van der Waals surface area contributed by atoms with Crippen molar-refractivity contribution < 1.29 is 13.9 Å². The third-order valence-corrected chi connectivity index (χ3v) is 4.71. The number of benzene rings is 2. The lowest BCUT2D eigenvalue weighted by molar-refractivity contribution is 0.102. The highest BCUT2D eigenvalue weighted by atomic mass is 32.2. The smallest absolute Gasteiger partial charge is 0.277 e. The minimum absolute atomic E-state index is 0.207. The molecule has 0 aliphatic heterocycles. The number of nitrogens with one attached hydrogen (secondary N) is 1. The first-order chi connectivity index (χ1) is 13.7. The zero-order chi connectivity index (χ0) is 19.8.